The molecule has 0 radical (unpaired) electrons. The third-order valence-corrected chi connectivity index (χ3v) is 4.31. The molecule has 1 fully saturated rings. The van der Waals surface area contributed by atoms with E-state index >= 15 is 0 Å². The van der Waals surface area contributed by atoms with Crippen molar-refractivity contribution >= 4 is 11.3 Å². The molecule has 90 valence electrons. The molecule has 1 aliphatic carbocycles. The van der Waals surface area contributed by atoms with Gasteiger partial charge in [0.25, 0.3) is 0 Å². The van der Waals surface area contributed by atoms with E-state index in [9.17, 15) is 0 Å². The first-order chi connectivity index (χ1) is 7.79. The van der Waals surface area contributed by atoms with Crippen molar-refractivity contribution in [3.05, 3.63) is 16.1 Å². The van der Waals surface area contributed by atoms with Crippen molar-refractivity contribution in [2.75, 3.05) is 6.54 Å². The number of nitrogens with two attached hydrogens (primary N) is 1. The molecule has 0 aliphatic heterocycles. The largest absolute Gasteiger partial charge is 0.330 e. The molecule has 1 saturated carbocycles. The van der Waals surface area contributed by atoms with E-state index in [1.807, 2.05) is 6.20 Å². The van der Waals surface area contributed by atoms with E-state index in [1.165, 1.54) is 35.6 Å². The van der Waals surface area contributed by atoms with Crippen LogP contribution in [0.15, 0.2) is 6.20 Å². The summed E-state index contributed by atoms with van der Waals surface area (Å²) in [6.45, 7) is 3.82. The smallest absolute Gasteiger partial charge is 0.107 e. The van der Waals surface area contributed by atoms with E-state index in [4.69, 9.17) is 5.73 Å². The fourth-order valence-corrected chi connectivity index (χ4v) is 3.20. The van der Waals surface area contributed by atoms with Crippen LogP contribution in [0, 0.1) is 12.8 Å². The molecule has 2 atom stereocenters. The maximum Gasteiger partial charge on any atom is 0.107 e. The first-order valence-electron chi connectivity index (χ1n) is 6.14. The van der Waals surface area contributed by atoms with Crippen LogP contribution in [-0.2, 0) is 6.54 Å². The molecule has 1 aromatic heterocycles. The van der Waals surface area contributed by atoms with Crippen LogP contribution in [0.3, 0.4) is 0 Å². The predicted molar refractivity (Wildman–Crippen MR) is 68.5 cm³/mol. The van der Waals surface area contributed by atoms with Gasteiger partial charge in [0.05, 0.1) is 0 Å². The van der Waals surface area contributed by atoms with Crippen LogP contribution < -0.4 is 11.1 Å². The summed E-state index contributed by atoms with van der Waals surface area (Å²) in [4.78, 5) is 5.66. The lowest BCUT2D eigenvalue weighted by atomic mass is 9.84. The molecule has 3 N–H and O–H groups in total. The highest BCUT2D eigenvalue weighted by Gasteiger charge is 2.23. The van der Waals surface area contributed by atoms with Crippen molar-refractivity contribution in [3.8, 4) is 0 Å². The summed E-state index contributed by atoms with van der Waals surface area (Å²) in [5.41, 5.74) is 5.81. The summed E-state index contributed by atoms with van der Waals surface area (Å²) in [5, 5.41) is 4.81. The molecule has 1 aliphatic rings. The molecular weight excluding hydrogens is 218 g/mol. The summed E-state index contributed by atoms with van der Waals surface area (Å²) < 4.78 is 0. The van der Waals surface area contributed by atoms with E-state index in [0.717, 1.165) is 13.1 Å². The van der Waals surface area contributed by atoms with Gasteiger partial charge in [-0.1, -0.05) is 12.8 Å². The van der Waals surface area contributed by atoms with Gasteiger partial charge in [0, 0.05) is 23.7 Å². The van der Waals surface area contributed by atoms with E-state index in [1.54, 1.807) is 11.3 Å². The molecule has 2 unspecified atom stereocenters. The fraction of sp³-hybridized carbons (Fsp3) is 0.750. The molecular formula is C12H21N3S. The Morgan fingerprint density at radius 1 is 1.50 bits per heavy atom. The molecule has 16 heavy (non-hydrogen) atoms. The number of hydrogen-bond donors (Lipinski definition) is 2. The lowest BCUT2D eigenvalue weighted by molar-refractivity contribution is 0.267. The molecule has 0 spiro atoms. The zero-order valence-electron chi connectivity index (χ0n) is 9.91. The average Bonchev–Trinajstić information content (AvgIpc) is 2.73. The van der Waals surface area contributed by atoms with Gasteiger partial charge in [-0.25, -0.2) is 4.98 Å². The molecule has 0 aromatic carbocycles. The SMILES string of the molecule is Cc1cnc(CNC2CCCCC2CN)s1. The molecule has 0 saturated heterocycles. The van der Waals surface area contributed by atoms with Crippen LogP contribution in [0.5, 0.6) is 0 Å². The van der Waals surface area contributed by atoms with Gasteiger partial charge in [0.2, 0.25) is 0 Å². The van der Waals surface area contributed by atoms with Crippen LogP contribution in [0.4, 0.5) is 0 Å². The number of rotatable bonds is 4. The minimum absolute atomic E-state index is 0.600. The van der Waals surface area contributed by atoms with Crippen molar-refractivity contribution in [2.24, 2.45) is 11.7 Å². The average molecular weight is 239 g/mol. The lowest BCUT2D eigenvalue weighted by Crippen LogP contribution is -2.41. The number of aryl methyl sites for hydroxylation is 1. The van der Waals surface area contributed by atoms with Gasteiger partial charge in [-0.2, -0.15) is 0 Å². The summed E-state index contributed by atoms with van der Waals surface area (Å²) in [6.07, 6.45) is 7.18. The number of hydrogen-bond acceptors (Lipinski definition) is 4. The van der Waals surface area contributed by atoms with Crippen LogP contribution >= 0.6 is 11.3 Å². The van der Waals surface area contributed by atoms with Crippen LogP contribution in [-0.4, -0.2) is 17.6 Å². The molecule has 2 rings (SSSR count). The van der Waals surface area contributed by atoms with Gasteiger partial charge in [0.1, 0.15) is 5.01 Å². The molecule has 3 nitrogen and oxygen atoms in total. The molecule has 1 aromatic rings. The Hall–Kier alpha value is -0.450. The highest BCUT2D eigenvalue weighted by Crippen LogP contribution is 2.24. The Balaban J connectivity index is 1.84. The maximum absolute atomic E-state index is 5.81. The first kappa shape index (κ1) is 12.0. The summed E-state index contributed by atoms with van der Waals surface area (Å²) in [7, 11) is 0. The number of nitrogens with one attached hydrogen (secondary N) is 1. The molecule has 1 heterocycles. The maximum atomic E-state index is 5.81. The quantitative estimate of drug-likeness (QED) is 0.845. The van der Waals surface area contributed by atoms with Crippen molar-refractivity contribution in [1.82, 2.24) is 10.3 Å². The molecule has 0 bridgehead atoms. The van der Waals surface area contributed by atoms with Gasteiger partial charge in [-0.15, -0.1) is 11.3 Å². The van der Waals surface area contributed by atoms with Gasteiger partial charge < -0.3 is 11.1 Å². The van der Waals surface area contributed by atoms with Gasteiger partial charge >= 0.3 is 0 Å². The van der Waals surface area contributed by atoms with Crippen molar-refractivity contribution < 1.29 is 0 Å². The zero-order chi connectivity index (χ0) is 11.4. The van der Waals surface area contributed by atoms with E-state index in [2.05, 4.69) is 17.2 Å². The van der Waals surface area contributed by atoms with Gasteiger partial charge in [-0.3, -0.25) is 0 Å². The van der Waals surface area contributed by atoms with Gasteiger partial charge in [0.15, 0.2) is 0 Å². The van der Waals surface area contributed by atoms with Crippen LogP contribution in [0.25, 0.3) is 0 Å². The normalized spacial score (nSPS) is 25.9. The summed E-state index contributed by atoms with van der Waals surface area (Å²) >= 11 is 1.78. The highest BCUT2D eigenvalue weighted by molar-refractivity contribution is 7.11. The van der Waals surface area contributed by atoms with E-state index < -0.39 is 0 Å². The third kappa shape index (κ3) is 3.03. The topological polar surface area (TPSA) is 50.9 Å². The Bertz CT molecular complexity index is 324. The lowest BCUT2D eigenvalue weighted by Gasteiger charge is -2.31. The first-order valence-corrected chi connectivity index (χ1v) is 6.96. The highest BCUT2D eigenvalue weighted by atomic mass is 32.1. The number of nitrogens with zero attached hydrogens (tertiary/aromatic N) is 1. The molecule has 0 amide bonds. The second-order valence-electron chi connectivity index (χ2n) is 4.63. The van der Waals surface area contributed by atoms with Crippen LogP contribution in [0.1, 0.15) is 35.6 Å². The number of thiazole rings is 1. The third-order valence-electron chi connectivity index (χ3n) is 3.40. The minimum atomic E-state index is 0.600. The molecule has 4 heteroatoms. The Morgan fingerprint density at radius 3 is 3.00 bits per heavy atom. The summed E-state index contributed by atoms with van der Waals surface area (Å²) in [5.74, 6) is 0.662. The minimum Gasteiger partial charge on any atom is -0.330 e. The number of aromatic nitrogens is 1. The van der Waals surface area contributed by atoms with Crippen molar-refractivity contribution in [1.29, 1.82) is 0 Å². The van der Waals surface area contributed by atoms with E-state index in [-0.39, 0.29) is 0 Å². The van der Waals surface area contributed by atoms with Crippen LogP contribution in [0.2, 0.25) is 0 Å². The zero-order valence-corrected chi connectivity index (χ0v) is 10.7. The second kappa shape index (κ2) is 5.75. The second-order valence-corrected chi connectivity index (χ2v) is 5.95. The summed E-state index contributed by atoms with van der Waals surface area (Å²) in [6, 6.07) is 0.600. The fourth-order valence-electron chi connectivity index (χ4n) is 2.46. The van der Waals surface area contributed by atoms with Crippen molar-refractivity contribution in [3.63, 3.8) is 0 Å². The standard InChI is InChI=1S/C12H21N3S/c1-9-7-15-12(16-9)8-14-11-5-3-2-4-10(11)6-13/h7,10-11,14H,2-6,8,13H2,1H3. The van der Waals surface area contributed by atoms with Crippen molar-refractivity contribution in [2.45, 2.75) is 45.2 Å². The Labute approximate surface area is 101 Å². The van der Waals surface area contributed by atoms with Gasteiger partial charge in [-0.05, 0) is 32.2 Å². The Morgan fingerprint density at radius 2 is 2.31 bits per heavy atom. The van der Waals surface area contributed by atoms with E-state index in [0.29, 0.717) is 12.0 Å². The Kier molecular flexibility index (Phi) is 4.32. The predicted octanol–water partition coefficient (Wildman–Crippen LogP) is 2.06. The monoisotopic (exact) mass is 239 g/mol.